The van der Waals surface area contributed by atoms with Crippen molar-refractivity contribution in [1.82, 2.24) is 0 Å². The number of nitro benzene ring substituents is 1. The van der Waals surface area contributed by atoms with Crippen molar-refractivity contribution < 1.29 is 9.66 Å². The molecule has 0 saturated carbocycles. The van der Waals surface area contributed by atoms with Gasteiger partial charge in [0.1, 0.15) is 5.69 Å². The molecule has 1 saturated heterocycles. The second-order valence-corrected chi connectivity index (χ2v) is 4.95. The molecule has 0 bridgehead atoms. The Kier molecular flexibility index (Phi) is 4.04. The maximum Gasteiger partial charge on any atom is 0.293 e. The Morgan fingerprint density at radius 2 is 2.33 bits per heavy atom. The van der Waals surface area contributed by atoms with Crippen molar-refractivity contribution in [2.45, 2.75) is 19.4 Å². The number of nitrogens with one attached hydrogen (secondary N) is 1. The van der Waals surface area contributed by atoms with Gasteiger partial charge in [0, 0.05) is 23.7 Å². The van der Waals surface area contributed by atoms with E-state index in [2.05, 4.69) is 12.2 Å². The van der Waals surface area contributed by atoms with E-state index < -0.39 is 4.92 Å². The van der Waals surface area contributed by atoms with Gasteiger partial charge in [-0.2, -0.15) is 0 Å². The minimum absolute atomic E-state index is 0.0150. The zero-order valence-electron chi connectivity index (χ0n) is 10.1. The van der Waals surface area contributed by atoms with Crippen LogP contribution >= 0.6 is 11.6 Å². The molecule has 1 heterocycles. The van der Waals surface area contributed by atoms with Crippen LogP contribution < -0.4 is 5.32 Å². The van der Waals surface area contributed by atoms with Crippen molar-refractivity contribution in [2.24, 2.45) is 5.92 Å². The Morgan fingerprint density at radius 1 is 1.56 bits per heavy atom. The molecule has 1 aliphatic rings. The zero-order valence-corrected chi connectivity index (χ0v) is 10.8. The van der Waals surface area contributed by atoms with Crippen molar-refractivity contribution >= 4 is 23.0 Å². The van der Waals surface area contributed by atoms with Gasteiger partial charge in [0.2, 0.25) is 0 Å². The fraction of sp³-hybridized carbons (Fsp3) is 0.500. The van der Waals surface area contributed by atoms with Crippen LogP contribution in [0, 0.1) is 16.0 Å². The summed E-state index contributed by atoms with van der Waals surface area (Å²) in [5.74, 6) is 0.328. The number of halogens is 1. The average Bonchev–Trinajstić information content (AvgIpc) is 2.34. The van der Waals surface area contributed by atoms with Crippen molar-refractivity contribution in [2.75, 3.05) is 18.5 Å². The Balaban J connectivity index is 2.20. The summed E-state index contributed by atoms with van der Waals surface area (Å²) in [6, 6.07) is 4.87. The van der Waals surface area contributed by atoms with E-state index in [1.165, 1.54) is 6.07 Å². The predicted molar refractivity (Wildman–Crippen MR) is 70.1 cm³/mol. The molecule has 2 unspecified atom stereocenters. The number of anilines is 1. The lowest BCUT2D eigenvalue weighted by molar-refractivity contribution is -0.384. The third-order valence-corrected chi connectivity index (χ3v) is 3.37. The smallest absolute Gasteiger partial charge is 0.293 e. The molecule has 0 aromatic heterocycles. The standard InChI is InChI=1S/C12H15ClN2O3/c1-8-7-18-5-4-10(8)14-11-3-2-9(13)6-12(11)15(16)17/h2-3,6,8,10,14H,4-5,7H2,1H3. The molecule has 1 fully saturated rings. The molecule has 2 rings (SSSR count). The zero-order chi connectivity index (χ0) is 13.1. The van der Waals surface area contributed by atoms with E-state index in [-0.39, 0.29) is 11.7 Å². The molecule has 1 N–H and O–H groups in total. The lowest BCUT2D eigenvalue weighted by Crippen LogP contribution is -2.36. The average molecular weight is 271 g/mol. The number of ether oxygens (including phenoxy) is 1. The maximum atomic E-state index is 11.0. The third kappa shape index (κ3) is 2.91. The lowest BCUT2D eigenvalue weighted by atomic mass is 9.97. The minimum Gasteiger partial charge on any atom is -0.381 e. The van der Waals surface area contributed by atoms with Crippen LogP contribution in [0.1, 0.15) is 13.3 Å². The van der Waals surface area contributed by atoms with Gasteiger partial charge in [-0.25, -0.2) is 0 Å². The monoisotopic (exact) mass is 270 g/mol. The van der Waals surface area contributed by atoms with Crippen LogP contribution in [0.4, 0.5) is 11.4 Å². The number of hydrogen-bond acceptors (Lipinski definition) is 4. The molecule has 1 aromatic rings. The van der Waals surface area contributed by atoms with Crippen LogP contribution in [0.15, 0.2) is 18.2 Å². The number of nitrogens with zero attached hydrogens (tertiary/aromatic N) is 1. The van der Waals surface area contributed by atoms with Crippen molar-refractivity contribution in [1.29, 1.82) is 0 Å². The van der Waals surface area contributed by atoms with Crippen molar-refractivity contribution in [3.8, 4) is 0 Å². The van der Waals surface area contributed by atoms with Crippen LogP contribution in [0.2, 0.25) is 5.02 Å². The first-order valence-corrected chi connectivity index (χ1v) is 6.24. The molecule has 0 aliphatic carbocycles. The highest BCUT2D eigenvalue weighted by molar-refractivity contribution is 6.30. The van der Waals surface area contributed by atoms with Crippen molar-refractivity contribution in [3.05, 3.63) is 33.3 Å². The highest BCUT2D eigenvalue weighted by atomic mass is 35.5. The van der Waals surface area contributed by atoms with Crippen LogP contribution in [-0.2, 0) is 4.74 Å². The summed E-state index contributed by atoms with van der Waals surface area (Å²) in [6.07, 6.45) is 0.848. The van der Waals surface area contributed by atoms with Crippen LogP contribution in [0.3, 0.4) is 0 Å². The first-order valence-electron chi connectivity index (χ1n) is 5.86. The Morgan fingerprint density at radius 3 is 3.00 bits per heavy atom. The summed E-state index contributed by atoms with van der Waals surface area (Å²) in [4.78, 5) is 10.6. The van der Waals surface area contributed by atoms with Gasteiger partial charge < -0.3 is 10.1 Å². The molecule has 1 aliphatic heterocycles. The van der Waals surface area contributed by atoms with Gasteiger partial charge in [-0.05, 0) is 24.5 Å². The van der Waals surface area contributed by atoms with Crippen molar-refractivity contribution in [3.63, 3.8) is 0 Å². The van der Waals surface area contributed by atoms with Gasteiger partial charge in [0.15, 0.2) is 0 Å². The van der Waals surface area contributed by atoms with Gasteiger partial charge in [-0.3, -0.25) is 10.1 Å². The molecule has 0 amide bonds. The Hall–Kier alpha value is -1.33. The quantitative estimate of drug-likeness (QED) is 0.677. The summed E-state index contributed by atoms with van der Waals surface area (Å²) in [7, 11) is 0. The van der Waals surface area contributed by atoms with Gasteiger partial charge in [-0.1, -0.05) is 18.5 Å². The Labute approximate surface area is 110 Å². The highest BCUT2D eigenvalue weighted by Crippen LogP contribution is 2.30. The summed E-state index contributed by atoms with van der Waals surface area (Å²) in [5.41, 5.74) is 0.532. The van der Waals surface area contributed by atoms with E-state index in [0.29, 0.717) is 29.8 Å². The number of benzene rings is 1. The Bertz CT molecular complexity index is 453. The molecule has 5 nitrogen and oxygen atoms in total. The van der Waals surface area contributed by atoms with Crippen LogP contribution in [-0.4, -0.2) is 24.2 Å². The van der Waals surface area contributed by atoms with Gasteiger partial charge in [-0.15, -0.1) is 0 Å². The van der Waals surface area contributed by atoms with Crippen LogP contribution in [0.25, 0.3) is 0 Å². The fourth-order valence-corrected chi connectivity index (χ4v) is 2.24. The second kappa shape index (κ2) is 5.54. The molecule has 18 heavy (non-hydrogen) atoms. The number of rotatable bonds is 3. The fourth-order valence-electron chi connectivity index (χ4n) is 2.07. The summed E-state index contributed by atoms with van der Waals surface area (Å²) < 4.78 is 5.35. The number of nitro groups is 1. The number of hydrogen-bond donors (Lipinski definition) is 1. The minimum atomic E-state index is -0.418. The first-order chi connectivity index (χ1) is 8.58. The highest BCUT2D eigenvalue weighted by Gasteiger charge is 2.24. The van der Waals surface area contributed by atoms with E-state index in [0.717, 1.165) is 6.42 Å². The second-order valence-electron chi connectivity index (χ2n) is 4.51. The van der Waals surface area contributed by atoms with E-state index >= 15 is 0 Å². The predicted octanol–water partition coefficient (Wildman–Crippen LogP) is 3.09. The maximum absolute atomic E-state index is 11.0. The molecule has 2 atom stereocenters. The van der Waals surface area contributed by atoms with E-state index in [4.69, 9.17) is 16.3 Å². The molecule has 1 aromatic carbocycles. The summed E-state index contributed by atoms with van der Waals surface area (Å²) >= 11 is 5.78. The topological polar surface area (TPSA) is 64.4 Å². The van der Waals surface area contributed by atoms with E-state index in [1.54, 1.807) is 12.1 Å². The largest absolute Gasteiger partial charge is 0.381 e. The normalized spacial score (nSPS) is 23.7. The molecular formula is C12H15ClN2O3. The molecular weight excluding hydrogens is 256 g/mol. The first kappa shape index (κ1) is 13.1. The molecule has 98 valence electrons. The summed E-state index contributed by atoms with van der Waals surface area (Å²) in [5, 5.41) is 14.6. The van der Waals surface area contributed by atoms with E-state index in [1.807, 2.05) is 0 Å². The SMILES string of the molecule is CC1COCCC1Nc1ccc(Cl)cc1[N+](=O)[O-]. The molecule has 0 radical (unpaired) electrons. The van der Waals surface area contributed by atoms with Gasteiger partial charge in [0.25, 0.3) is 5.69 Å². The van der Waals surface area contributed by atoms with E-state index in [9.17, 15) is 10.1 Å². The third-order valence-electron chi connectivity index (χ3n) is 3.14. The molecule has 0 spiro atoms. The molecule has 6 heteroatoms. The van der Waals surface area contributed by atoms with Crippen LogP contribution in [0.5, 0.6) is 0 Å². The summed E-state index contributed by atoms with van der Waals surface area (Å²) in [6.45, 7) is 3.43. The van der Waals surface area contributed by atoms with Gasteiger partial charge >= 0.3 is 0 Å². The lowest BCUT2D eigenvalue weighted by Gasteiger charge is -2.30. The van der Waals surface area contributed by atoms with Gasteiger partial charge in [0.05, 0.1) is 11.5 Å².